The first-order valence-corrected chi connectivity index (χ1v) is 14.2. The Morgan fingerprint density at radius 3 is 2.42 bits per heavy atom. The van der Waals surface area contributed by atoms with E-state index < -0.39 is 0 Å². The van der Waals surface area contributed by atoms with Crippen molar-refractivity contribution >= 4 is 68.9 Å². The molecular formula is C27H21ClN4O3S3. The highest BCUT2D eigenvalue weighted by Crippen LogP contribution is 2.28. The van der Waals surface area contributed by atoms with E-state index in [0.717, 1.165) is 23.2 Å². The highest BCUT2D eigenvalue weighted by molar-refractivity contribution is 7.99. The number of aromatic nitrogens is 3. The number of hydrogen-bond donors (Lipinski definition) is 1. The van der Waals surface area contributed by atoms with E-state index in [-0.39, 0.29) is 17.2 Å². The van der Waals surface area contributed by atoms with Gasteiger partial charge in [-0.1, -0.05) is 65.0 Å². The fourth-order valence-corrected chi connectivity index (χ4v) is 6.09. The van der Waals surface area contributed by atoms with Gasteiger partial charge in [0, 0.05) is 5.69 Å². The molecule has 0 aliphatic rings. The molecule has 3 aromatic carbocycles. The van der Waals surface area contributed by atoms with Crippen molar-refractivity contribution in [1.82, 2.24) is 14.1 Å². The summed E-state index contributed by atoms with van der Waals surface area (Å²) in [6, 6.07) is 23.7. The molecule has 1 amide bonds. The maximum atomic E-state index is 13.8. The van der Waals surface area contributed by atoms with E-state index in [4.69, 9.17) is 33.5 Å². The minimum Gasteiger partial charge on any atom is -0.494 e. The largest absolute Gasteiger partial charge is 0.494 e. The zero-order valence-electron chi connectivity index (χ0n) is 20.1. The Kier molecular flexibility index (Phi) is 7.94. The first kappa shape index (κ1) is 26.2. The lowest BCUT2D eigenvalue weighted by Gasteiger charge is -2.13. The van der Waals surface area contributed by atoms with E-state index >= 15 is 0 Å². The molecule has 2 aromatic heterocycles. The second kappa shape index (κ2) is 11.5. The highest BCUT2D eigenvalue weighted by atomic mass is 35.5. The summed E-state index contributed by atoms with van der Waals surface area (Å²) in [6.07, 6.45) is 0. The molecule has 7 nitrogen and oxygen atoms in total. The second-order valence-electron chi connectivity index (χ2n) is 7.97. The van der Waals surface area contributed by atoms with Gasteiger partial charge >= 0.3 is 0 Å². The van der Waals surface area contributed by atoms with Gasteiger partial charge in [-0.15, -0.1) is 0 Å². The van der Waals surface area contributed by atoms with Crippen LogP contribution in [0.3, 0.4) is 0 Å². The number of halogens is 1. The highest BCUT2D eigenvalue weighted by Gasteiger charge is 2.20. The topological polar surface area (TPSA) is 78.1 Å². The molecule has 11 heteroatoms. The van der Waals surface area contributed by atoms with E-state index in [1.165, 1.54) is 15.9 Å². The molecular weight excluding hydrogens is 560 g/mol. The Hall–Kier alpha value is -3.44. The number of carbonyl (C=O) groups excluding carboxylic acids is 1. The maximum Gasteiger partial charge on any atom is 0.278 e. The number of carbonyl (C=O) groups is 1. The van der Waals surface area contributed by atoms with Crippen LogP contribution in [-0.4, -0.2) is 32.4 Å². The van der Waals surface area contributed by atoms with Crippen LogP contribution in [0.1, 0.15) is 6.92 Å². The Morgan fingerprint density at radius 1 is 1.03 bits per heavy atom. The minimum absolute atomic E-state index is 0.0178. The summed E-state index contributed by atoms with van der Waals surface area (Å²) in [6.45, 7) is 2.48. The van der Waals surface area contributed by atoms with Crippen LogP contribution in [0.5, 0.6) is 5.75 Å². The fraction of sp³-hybridized carbons (Fsp3) is 0.111. The Bertz CT molecular complexity index is 1730. The van der Waals surface area contributed by atoms with Crippen LogP contribution < -0.4 is 15.6 Å². The molecule has 5 rings (SSSR count). The van der Waals surface area contributed by atoms with Crippen molar-refractivity contribution < 1.29 is 9.53 Å². The Morgan fingerprint density at radius 2 is 1.71 bits per heavy atom. The molecule has 0 saturated heterocycles. The molecule has 0 unspecified atom stereocenters. The third-order valence-electron chi connectivity index (χ3n) is 5.48. The molecule has 2 heterocycles. The molecule has 0 spiro atoms. The minimum atomic E-state index is -0.272. The van der Waals surface area contributed by atoms with E-state index in [1.54, 1.807) is 28.8 Å². The van der Waals surface area contributed by atoms with Crippen molar-refractivity contribution in [2.45, 2.75) is 12.1 Å². The monoisotopic (exact) mass is 580 g/mol. The van der Waals surface area contributed by atoms with Crippen LogP contribution in [0.15, 0.2) is 88.8 Å². The summed E-state index contributed by atoms with van der Waals surface area (Å²) in [7, 11) is 0. The predicted octanol–water partition coefficient (Wildman–Crippen LogP) is 6.75. The lowest BCUT2D eigenvalue weighted by molar-refractivity contribution is -0.113. The van der Waals surface area contributed by atoms with Gasteiger partial charge in [0.1, 0.15) is 10.4 Å². The molecule has 0 saturated carbocycles. The zero-order valence-corrected chi connectivity index (χ0v) is 23.3. The summed E-state index contributed by atoms with van der Waals surface area (Å²) >= 11 is 14.2. The van der Waals surface area contributed by atoms with Gasteiger partial charge in [0.05, 0.1) is 28.8 Å². The average Bonchev–Trinajstić information content (AvgIpc) is 3.26. The molecule has 0 aliphatic carbocycles. The first-order chi connectivity index (χ1) is 18.5. The van der Waals surface area contributed by atoms with Gasteiger partial charge < -0.3 is 10.1 Å². The number of anilines is 1. The first-order valence-electron chi connectivity index (χ1n) is 11.6. The molecule has 0 atom stereocenters. The van der Waals surface area contributed by atoms with Crippen LogP contribution in [0.4, 0.5) is 5.69 Å². The number of thiazole rings is 1. The number of ether oxygens (including phenoxy) is 1. The lowest BCUT2D eigenvalue weighted by atomic mass is 10.3. The van der Waals surface area contributed by atoms with Gasteiger partial charge in [-0.2, -0.15) is 0 Å². The zero-order chi connectivity index (χ0) is 26.6. The second-order valence-corrected chi connectivity index (χ2v) is 11.0. The van der Waals surface area contributed by atoms with Crippen LogP contribution in [0.2, 0.25) is 5.02 Å². The molecule has 0 fully saturated rings. The molecule has 0 aliphatic heterocycles. The SMILES string of the molecule is CCOc1ccc(-n2c(=S)sc3c(=O)n(-c4ccccc4)c(SCC(=O)Nc4ccccc4Cl)nc32)cc1. The summed E-state index contributed by atoms with van der Waals surface area (Å²) in [5.74, 6) is 0.484. The van der Waals surface area contributed by atoms with Gasteiger partial charge in [0.15, 0.2) is 14.8 Å². The number of nitrogens with one attached hydrogen (secondary N) is 1. The standard InChI is InChI=1S/C27H21ClN4O3S3/c1-2-35-19-14-12-18(13-15-19)31-24-23(38-27(31)36)25(34)32(17-8-4-3-5-9-17)26(30-24)37-16-22(33)29-21-11-7-6-10-20(21)28/h3-15H,2,16H2,1H3,(H,29,33). The quantitative estimate of drug-likeness (QED) is 0.124. The smallest absolute Gasteiger partial charge is 0.278 e. The third kappa shape index (κ3) is 5.39. The third-order valence-corrected chi connectivity index (χ3v) is 8.10. The van der Waals surface area contributed by atoms with Gasteiger partial charge in [-0.25, -0.2) is 4.98 Å². The molecule has 0 bridgehead atoms. The van der Waals surface area contributed by atoms with Crippen molar-refractivity contribution in [2.24, 2.45) is 0 Å². The van der Waals surface area contributed by atoms with Crippen molar-refractivity contribution in [1.29, 1.82) is 0 Å². The van der Waals surface area contributed by atoms with Crippen molar-refractivity contribution in [2.75, 3.05) is 17.7 Å². The van der Waals surface area contributed by atoms with E-state index in [1.807, 2.05) is 61.5 Å². The molecule has 0 radical (unpaired) electrons. The van der Waals surface area contributed by atoms with Crippen LogP contribution in [0, 0.1) is 3.95 Å². The van der Waals surface area contributed by atoms with Crippen LogP contribution in [0.25, 0.3) is 21.7 Å². The summed E-state index contributed by atoms with van der Waals surface area (Å²) < 4.78 is 9.76. The number of benzene rings is 3. The van der Waals surface area contributed by atoms with Crippen LogP contribution in [-0.2, 0) is 4.79 Å². The summed E-state index contributed by atoms with van der Waals surface area (Å²) in [4.78, 5) is 31.4. The number of amides is 1. The summed E-state index contributed by atoms with van der Waals surface area (Å²) in [5, 5.41) is 3.62. The van der Waals surface area contributed by atoms with E-state index in [0.29, 0.717) is 42.5 Å². The maximum absolute atomic E-state index is 13.8. The van der Waals surface area contributed by atoms with Crippen molar-refractivity contribution in [3.8, 4) is 17.1 Å². The van der Waals surface area contributed by atoms with Gasteiger partial charge in [0.25, 0.3) is 5.56 Å². The molecule has 1 N–H and O–H groups in total. The van der Waals surface area contributed by atoms with E-state index in [9.17, 15) is 9.59 Å². The number of fused-ring (bicyclic) bond motifs is 1. The van der Waals surface area contributed by atoms with Crippen molar-refractivity contribution in [3.05, 3.63) is 98.2 Å². The molecule has 192 valence electrons. The predicted molar refractivity (Wildman–Crippen MR) is 157 cm³/mol. The average molecular weight is 581 g/mol. The van der Waals surface area contributed by atoms with Crippen LogP contribution >= 0.6 is 46.9 Å². The van der Waals surface area contributed by atoms with E-state index in [2.05, 4.69) is 5.32 Å². The number of hydrogen-bond acceptors (Lipinski definition) is 7. The fourth-order valence-electron chi connectivity index (χ4n) is 3.80. The number of rotatable bonds is 8. The Balaban J connectivity index is 1.57. The van der Waals surface area contributed by atoms with Gasteiger partial charge in [-0.3, -0.25) is 18.7 Å². The molecule has 5 aromatic rings. The normalized spacial score (nSPS) is 11.0. The van der Waals surface area contributed by atoms with Gasteiger partial charge in [-0.05, 0) is 67.7 Å². The lowest BCUT2D eigenvalue weighted by Crippen LogP contribution is -2.22. The number of nitrogens with zero attached hydrogens (tertiary/aromatic N) is 3. The van der Waals surface area contributed by atoms with Crippen molar-refractivity contribution in [3.63, 3.8) is 0 Å². The summed E-state index contributed by atoms with van der Waals surface area (Å²) in [5.41, 5.74) is 2.12. The van der Waals surface area contributed by atoms with Gasteiger partial charge in [0.2, 0.25) is 5.91 Å². The molecule has 38 heavy (non-hydrogen) atoms. The Labute approximate surface area is 236 Å². The number of thioether (sulfide) groups is 1. The number of para-hydroxylation sites is 2.